The van der Waals surface area contributed by atoms with Gasteiger partial charge in [0.1, 0.15) is 24.7 Å². The van der Waals surface area contributed by atoms with Crippen molar-refractivity contribution in [3.05, 3.63) is 112 Å². The molecule has 1 aliphatic heterocycles. The maximum Gasteiger partial charge on any atom is 0.293 e. The van der Waals surface area contributed by atoms with E-state index in [-0.39, 0.29) is 24.3 Å². The highest BCUT2D eigenvalue weighted by Gasteiger charge is 2.35. The molecule has 36 heavy (non-hydrogen) atoms. The van der Waals surface area contributed by atoms with Crippen LogP contribution < -0.4 is 9.47 Å². The zero-order valence-electron chi connectivity index (χ0n) is 19.2. The number of fused-ring (bicyclic) bond motifs is 1. The van der Waals surface area contributed by atoms with Crippen LogP contribution in [0.5, 0.6) is 11.5 Å². The number of benzene rings is 4. The zero-order valence-corrected chi connectivity index (χ0v) is 20.8. The maximum absolute atomic E-state index is 13.0. The number of nitrogens with zero attached hydrogens (tertiary/aromatic N) is 1. The molecule has 7 heteroatoms. The van der Waals surface area contributed by atoms with Crippen molar-refractivity contribution in [3.8, 4) is 11.5 Å². The fraction of sp³-hybridized carbons (Fsp3) is 0.103. The molecule has 1 saturated heterocycles. The molecule has 5 nitrogen and oxygen atoms in total. The monoisotopic (exact) mass is 515 g/mol. The minimum Gasteiger partial charge on any atom is -0.491 e. The molecule has 0 aliphatic carbocycles. The van der Waals surface area contributed by atoms with Gasteiger partial charge in [0, 0.05) is 16.0 Å². The molecule has 4 aromatic carbocycles. The van der Waals surface area contributed by atoms with Crippen molar-refractivity contribution in [3.63, 3.8) is 0 Å². The van der Waals surface area contributed by atoms with Gasteiger partial charge in [0.2, 0.25) is 0 Å². The molecule has 0 atom stereocenters. The lowest BCUT2D eigenvalue weighted by Gasteiger charge is -2.14. The average molecular weight is 516 g/mol. The number of halogens is 1. The van der Waals surface area contributed by atoms with Crippen LogP contribution in [0.15, 0.2) is 95.9 Å². The second-order valence-corrected chi connectivity index (χ2v) is 9.54. The summed E-state index contributed by atoms with van der Waals surface area (Å²) in [4.78, 5) is 27.2. The number of hydrogen-bond donors (Lipinski definition) is 0. The first-order chi connectivity index (χ1) is 17.6. The summed E-state index contributed by atoms with van der Waals surface area (Å²) in [5.41, 5.74) is 1.70. The predicted molar refractivity (Wildman–Crippen MR) is 144 cm³/mol. The molecule has 0 saturated carbocycles. The molecule has 5 rings (SSSR count). The SMILES string of the molecule is O=C1S/C(=C\c2ccccc2OCc2ccc(Cl)cc2)C(=O)N1CCOc1cccc2ccccc12. The van der Waals surface area contributed by atoms with Crippen molar-refractivity contribution in [1.29, 1.82) is 0 Å². The Bertz CT molecular complexity index is 1450. The first-order valence-corrected chi connectivity index (χ1v) is 12.6. The summed E-state index contributed by atoms with van der Waals surface area (Å²) in [6.45, 7) is 0.731. The summed E-state index contributed by atoms with van der Waals surface area (Å²) >= 11 is 6.87. The minimum absolute atomic E-state index is 0.167. The Morgan fingerprint density at radius 2 is 1.53 bits per heavy atom. The molecule has 0 radical (unpaired) electrons. The van der Waals surface area contributed by atoms with Gasteiger partial charge in [0.15, 0.2) is 0 Å². The van der Waals surface area contributed by atoms with E-state index in [1.807, 2.05) is 91.0 Å². The summed E-state index contributed by atoms with van der Waals surface area (Å²) in [7, 11) is 0. The smallest absolute Gasteiger partial charge is 0.293 e. The van der Waals surface area contributed by atoms with Crippen molar-refractivity contribution in [1.82, 2.24) is 4.90 Å². The van der Waals surface area contributed by atoms with Gasteiger partial charge in [-0.3, -0.25) is 14.5 Å². The first-order valence-electron chi connectivity index (χ1n) is 11.4. The Morgan fingerprint density at radius 3 is 2.39 bits per heavy atom. The van der Waals surface area contributed by atoms with Gasteiger partial charge in [0.25, 0.3) is 11.1 Å². The fourth-order valence-electron chi connectivity index (χ4n) is 3.88. The van der Waals surface area contributed by atoms with E-state index in [1.165, 1.54) is 4.90 Å². The van der Waals surface area contributed by atoms with Crippen LogP contribution in [0, 0.1) is 0 Å². The van der Waals surface area contributed by atoms with E-state index < -0.39 is 0 Å². The third-order valence-corrected chi connectivity index (χ3v) is 6.87. The highest BCUT2D eigenvalue weighted by Crippen LogP contribution is 2.34. The molecule has 180 valence electrons. The number of amides is 2. The van der Waals surface area contributed by atoms with E-state index in [0.29, 0.717) is 22.3 Å². The van der Waals surface area contributed by atoms with Crippen LogP contribution in [0.25, 0.3) is 16.8 Å². The van der Waals surface area contributed by atoms with E-state index in [2.05, 4.69) is 0 Å². The number of ether oxygens (including phenoxy) is 2. The lowest BCUT2D eigenvalue weighted by Crippen LogP contribution is -2.32. The lowest BCUT2D eigenvalue weighted by molar-refractivity contribution is -0.123. The number of thioether (sulfide) groups is 1. The topological polar surface area (TPSA) is 55.8 Å². The first kappa shape index (κ1) is 24.0. The van der Waals surface area contributed by atoms with Crippen LogP contribution >= 0.6 is 23.4 Å². The van der Waals surface area contributed by atoms with Gasteiger partial charge in [-0.05, 0) is 53.1 Å². The van der Waals surface area contributed by atoms with Crippen LogP contribution in [-0.4, -0.2) is 29.2 Å². The van der Waals surface area contributed by atoms with Gasteiger partial charge in [-0.15, -0.1) is 0 Å². The number of carbonyl (C=O) groups is 2. The number of para-hydroxylation sites is 1. The Hall–Kier alpha value is -3.74. The normalized spacial score (nSPS) is 14.6. The van der Waals surface area contributed by atoms with E-state index in [4.69, 9.17) is 21.1 Å². The molecule has 0 unspecified atom stereocenters. The molecule has 1 aliphatic rings. The second kappa shape index (κ2) is 10.9. The summed E-state index contributed by atoms with van der Waals surface area (Å²) < 4.78 is 11.9. The van der Waals surface area contributed by atoms with Crippen LogP contribution in [-0.2, 0) is 11.4 Å². The zero-order chi connectivity index (χ0) is 24.9. The number of carbonyl (C=O) groups excluding carboxylic acids is 2. The predicted octanol–water partition coefficient (Wildman–Crippen LogP) is 7.19. The van der Waals surface area contributed by atoms with E-state index in [0.717, 1.165) is 39.4 Å². The quantitative estimate of drug-likeness (QED) is 0.232. The van der Waals surface area contributed by atoms with Gasteiger partial charge in [-0.25, -0.2) is 0 Å². The summed E-state index contributed by atoms with van der Waals surface area (Å²) in [5, 5.41) is 2.41. The van der Waals surface area contributed by atoms with Crippen molar-refractivity contribution in [2.75, 3.05) is 13.2 Å². The average Bonchev–Trinajstić information content (AvgIpc) is 3.16. The summed E-state index contributed by atoms with van der Waals surface area (Å²) in [6.07, 6.45) is 1.70. The molecular weight excluding hydrogens is 494 g/mol. The molecule has 0 bridgehead atoms. The van der Waals surface area contributed by atoms with Crippen LogP contribution in [0.3, 0.4) is 0 Å². The Morgan fingerprint density at radius 1 is 0.806 bits per heavy atom. The Labute approximate surface area is 218 Å². The van der Waals surface area contributed by atoms with Crippen molar-refractivity contribution in [2.45, 2.75) is 6.61 Å². The molecular formula is C29H22ClNO4S. The number of imide groups is 1. The summed E-state index contributed by atoms with van der Waals surface area (Å²) in [5.74, 6) is 1.01. The van der Waals surface area contributed by atoms with Crippen LogP contribution in [0.2, 0.25) is 5.02 Å². The lowest BCUT2D eigenvalue weighted by atomic mass is 10.1. The number of hydrogen-bond acceptors (Lipinski definition) is 5. The minimum atomic E-state index is -0.334. The van der Waals surface area contributed by atoms with Gasteiger partial charge >= 0.3 is 0 Å². The van der Waals surface area contributed by atoms with Crippen LogP contribution in [0.1, 0.15) is 11.1 Å². The molecule has 0 N–H and O–H groups in total. The standard InChI is InChI=1S/C29H22ClNO4S/c30-23-14-12-20(13-15-23)19-35-25-10-4-2-7-22(25)18-27-28(32)31(29(33)36-27)16-17-34-26-11-5-8-21-6-1-3-9-24(21)26/h1-15,18H,16-17,19H2/b27-18-. The summed E-state index contributed by atoms with van der Waals surface area (Å²) in [6, 6.07) is 28.6. The number of rotatable bonds is 8. The molecule has 1 fully saturated rings. The third-order valence-electron chi connectivity index (χ3n) is 5.71. The largest absolute Gasteiger partial charge is 0.491 e. The van der Waals surface area contributed by atoms with Gasteiger partial charge in [-0.2, -0.15) is 0 Å². The molecule has 4 aromatic rings. The van der Waals surface area contributed by atoms with Crippen LogP contribution in [0.4, 0.5) is 4.79 Å². The third kappa shape index (κ3) is 5.40. The second-order valence-electron chi connectivity index (χ2n) is 8.11. The Kier molecular flexibility index (Phi) is 7.26. The van der Waals surface area contributed by atoms with E-state index in [1.54, 1.807) is 6.08 Å². The molecule has 0 spiro atoms. The molecule has 1 heterocycles. The molecule has 2 amide bonds. The van der Waals surface area contributed by atoms with Crippen molar-refractivity contribution >= 4 is 51.4 Å². The highest BCUT2D eigenvalue weighted by molar-refractivity contribution is 8.18. The van der Waals surface area contributed by atoms with E-state index >= 15 is 0 Å². The molecule has 0 aromatic heterocycles. The van der Waals surface area contributed by atoms with Gasteiger partial charge < -0.3 is 9.47 Å². The fourth-order valence-corrected chi connectivity index (χ4v) is 4.86. The van der Waals surface area contributed by atoms with Gasteiger partial charge in [-0.1, -0.05) is 78.3 Å². The van der Waals surface area contributed by atoms with Gasteiger partial charge in [0.05, 0.1) is 11.4 Å². The van der Waals surface area contributed by atoms with E-state index in [9.17, 15) is 9.59 Å². The van der Waals surface area contributed by atoms with Crippen molar-refractivity contribution < 1.29 is 19.1 Å². The maximum atomic E-state index is 13.0. The highest BCUT2D eigenvalue weighted by atomic mass is 35.5. The Balaban J connectivity index is 1.25. The van der Waals surface area contributed by atoms with Crippen molar-refractivity contribution in [2.24, 2.45) is 0 Å².